The Hall–Kier alpha value is -2.90. The Morgan fingerprint density at radius 1 is 1.03 bits per heavy atom. The van der Waals surface area contributed by atoms with Gasteiger partial charge in [0, 0.05) is 51.6 Å². The average molecular weight is 421 g/mol. The van der Waals surface area contributed by atoms with E-state index in [-0.39, 0.29) is 1.43 Å². The third kappa shape index (κ3) is 4.43. The average Bonchev–Trinajstić information content (AvgIpc) is 3.43. The zero-order valence-electron chi connectivity index (χ0n) is 18.2. The maximum absolute atomic E-state index is 5.77. The summed E-state index contributed by atoms with van der Waals surface area (Å²) in [7, 11) is 0. The topological polar surface area (TPSA) is 58.5 Å². The van der Waals surface area contributed by atoms with Crippen molar-refractivity contribution in [2.45, 2.75) is 32.4 Å². The lowest BCUT2D eigenvalue weighted by atomic mass is 10.1. The molecule has 1 N–H and O–H groups in total. The number of para-hydroxylation sites is 1. The minimum atomic E-state index is 0. The fourth-order valence-corrected chi connectivity index (χ4v) is 4.68. The number of hydrogen-bond acceptors (Lipinski definition) is 6. The van der Waals surface area contributed by atoms with Crippen molar-refractivity contribution in [3.05, 3.63) is 60.4 Å². The lowest BCUT2D eigenvalue weighted by molar-refractivity contribution is 0.0715. The van der Waals surface area contributed by atoms with Gasteiger partial charge in [-0.25, -0.2) is 4.68 Å². The summed E-state index contributed by atoms with van der Waals surface area (Å²) in [5.74, 6) is 0.598. The lowest BCUT2D eigenvalue weighted by Crippen LogP contribution is -2.52. The van der Waals surface area contributed by atoms with Gasteiger partial charge in [0.05, 0.1) is 11.8 Å². The van der Waals surface area contributed by atoms with E-state index in [2.05, 4.69) is 57.2 Å². The molecule has 7 heteroatoms. The van der Waals surface area contributed by atoms with E-state index in [1.165, 1.54) is 11.3 Å². The van der Waals surface area contributed by atoms with Crippen molar-refractivity contribution >= 4 is 17.3 Å². The van der Waals surface area contributed by atoms with Crippen LogP contribution in [0.5, 0.6) is 0 Å². The molecule has 164 valence electrons. The van der Waals surface area contributed by atoms with E-state index in [9.17, 15) is 0 Å². The number of nitrogens with one attached hydrogen (secondary N) is 1. The molecule has 3 aromatic rings. The van der Waals surface area contributed by atoms with Gasteiger partial charge in [-0.3, -0.25) is 4.90 Å². The molecule has 0 bridgehead atoms. The van der Waals surface area contributed by atoms with E-state index in [1.807, 2.05) is 30.3 Å². The molecule has 2 fully saturated rings. The van der Waals surface area contributed by atoms with Crippen LogP contribution in [0.1, 0.15) is 20.3 Å². The van der Waals surface area contributed by atoms with Gasteiger partial charge in [-0.2, -0.15) is 4.98 Å². The van der Waals surface area contributed by atoms with Crippen LogP contribution in [-0.4, -0.2) is 64.6 Å². The Morgan fingerprint density at radius 3 is 2.58 bits per heavy atom. The molecule has 0 radical (unpaired) electrons. The second-order valence-electron chi connectivity index (χ2n) is 8.49. The largest absolute Gasteiger partial charge is 0.377 e. The van der Waals surface area contributed by atoms with Crippen molar-refractivity contribution in [2.24, 2.45) is 0 Å². The molecule has 2 aromatic carbocycles. The molecule has 2 aliphatic rings. The number of rotatable bonds is 5. The molecular formula is C24H32N6O. The molecule has 5 rings (SSSR count). The number of hydrogen-bond donors (Lipinski definition) is 1. The Balaban J connectivity index is 0.00000245. The highest BCUT2D eigenvalue weighted by atomic mass is 16.5. The van der Waals surface area contributed by atoms with Gasteiger partial charge in [-0.05, 0) is 56.2 Å². The van der Waals surface area contributed by atoms with Crippen molar-refractivity contribution in [1.29, 1.82) is 0 Å². The number of benzene rings is 2. The molecule has 0 aliphatic carbocycles. The van der Waals surface area contributed by atoms with Crippen molar-refractivity contribution in [1.82, 2.24) is 19.7 Å². The minimum absolute atomic E-state index is 0. The van der Waals surface area contributed by atoms with Gasteiger partial charge in [0.15, 0.2) is 0 Å². The van der Waals surface area contributed by atoms with Crippen LogP contribution in [0.2, 0.25) is 0 Å². The first-order valence-corrected chi connectivity index (χ1v) is 11.1. The predicted molar refractivity (Wildman–Crippen MR) is 126 cm³/mol. The number of aromatic nitrogens is 3. The Labute approximate surface area is 185 Å². The third-order valence-corrected chi connectivity index (χ3v) is 6.32. The second kappa shape index (κ2) is 8.69. The van der Waals surface area contributed by atoms with Crippen LogP contribution in [-0.2, 0) is 4.74 Å². The molecule has 3 heterocycles. The summed E-state index contributed by atoms with van der Waals surface area (Å²) in [6, 6.07) is 17.2. The summed E-state index contributed by atoms with van der Waals surface area (Å²) in [6.45, 7) is 9.47. The Kier molecular flexibility index (Phi) is 5.61. The minimum Gasteiger partial charge on any atom is -0.377 e. The van der Waals surface area contributed by atoms with Crippen LogP contribution in [0.15, 0.2) is 54.9 Å². The summed E-state index contributed by atoms with van der Waals surface area (Å²) in [5.41, 5.74) is 4.48. The van der Waals surface area contributed by atoms with Gasteiger partial charge in [0.1, 0.15) is 6.33 Å². The van der Waals surface area contributed by atoms with Crippen molar-refractivity contribution in [3.63, 3.8) is 0 Å². The molecule has 2 saturated heterocycles. The first-order valence-electron chi connectivity index (χ1n) is 11.1. The van der Waals surface area contributed by atoms with Gasteiger partial charge < -0.3 is 15.0 Å². The van der Waals surface area contributed by atoms with Gasteiger partial charge in [-0.1, -0.05) is 18.2 Å². The van der Waals surface area contributed by atoms with Crippen molar-refractivity contribution in [2.75, 3.05) is 43.0 Å². The normalized spacial score (nSPS) is 22.1. The zero-order valence-corrected chi connectivity index (χ0v) is 18.2. The smallest absolute Gasteiger partial charge is 0.246 e. The highest BCUT2D eigenvalue weighted by molar-refractivity contribution is 5.64. The van der Waals surface area contributed by atoms with E-state index in [0.29, 0.717) is 18.1 Å². The van der Waals surface area contributed by atoms with E-state index >= 15 is 0 Å². The van der Waals surface area contributed by atoms with E-state index < -0.39 is 0 Å². The quantitative estimate of drug-likeness (QED) is 0.676. The standard InChI is InChI=1S/C24H30N6O.H2/c1-18-14-20(26-24-25-17-30(27-24)21-6-4-3-5-7-21)16-22(15-18)28-9-11-29(12-10-28)23-8-13-31-19(23)2;/h3-7,14-17,19,23H,8-13H2,1-2H3,(H,26,27);1H. The SMILES string of the molecule is Cc1cc(Nc2ncn(-c3ccccc3)n2)cc(N2CCN(C3CCOC3C)CC2)c1.[HH]. The van der Waals surface area contributed by atoms with Crippen LogP contribution < -0.4 is 10.2 Å². The lowest BCUT2D eigenvalue weighted by Gasteiger charge is -2.40. The number of ether oxygens (including phenoxy) is 1. The molecule has 31 heavy (non-hydrogen) atoms. The summed E-state index contributed by atoms with van der Waals surface area (Å²) in [5, 5.41) is 7.95. The van der Waals surface area contributed by atoms with Crippen LogP contribution in [0.3, 0.4) is 0 Å². The van der Waals surface area contributed by atoms with E-state index in [0.717, 1.165) is 50.6 Å². The summed E-state index contributed by atoms with van der Waals surface area (Å²) in [4.78, 5) is 9.51. The van der Waals surface area contributed by atoms with Crippen LogP contribution >= 0.6 is 0 Å². The molecule has 1 aromatic heterocycles. The zero-order chi connectivity index (χ0) is 21.2. The predicted octanol–water partition coefficient (Wildman–Crippen LogP) is 3.86. The highest BCUT2D eigenvalue weighted by Crippen LogP contribution is 2.27. The van der Waals surface area contributed by atoms with E-state index in [1.54, 1.807) is 11.0 Å². The maximum Gasteiger partial charge on any atom is 0.246 e. The van der Waals surface area contributed by atoms with Crippen molar-refractivity contribution < 1.29 is 6.16 Å². The number of anilines is 3. The molecule has 2 unspecified atom stereocenters. The first kappa shape index (κ1) is 20.0. The third-order valence-electron chi connectivity index (χ3n) is 6.32. The van der Waals surface area contributed by atoms with Crippen molar-refractivity contribution in [3.8, 4) is 5.69 Å². The van der Waals surface area contributed by atoms with E-state index in [4.69, 9.17) is 4.74 Å². The molecule has 2 aliphatic heterocycles. The van der Waals surface area contributed by atoms with Crippen LogP contribution in [0.4, 0.5) is 17.3 Å². The number of aryl methyl sites for hydroxylation is 1. The first-order chi connectivity index (χ1) is 15.2. The fourth-order valence-electron chi connectivity index (χ4n) is 4.68. The molecule has 7 nitrogen and oxygen atoms in total. The van der Waals surface area contributed by atoms with Gasteiger partial charge >= 0.3 is 0 Å². The second-order valence-corrected chi connectivity index (χ2v) is 8.49. The molecule has 2 atom stereocenters. The van der Waals surface area contributed by atoms with Gasteiger partial charge in [0.25, 0.3) is 0 Å². The Morgan fingerprint density at radius 2 is 1.84 bits per heavy atom. The van der Waals surface area contributed by atoms with Crippen LogP contribution in [0.25, 0.3) is 5.69 Å². The number of nitrogens with zero attached hydrogens (tertiary/aromatic N) is 5. The maximum atomic E-state index is 5.77. The summed E-state index contributed by atoms with van der Waals surface area (Å²) in [6.07, 6.45) is 3.24. The van der Waals surface area contributed by atoms with Gasteiger partial charge in [-0.15, -0.1) is 5.10 Å². The number of piperazine rings is 1. The van der Waals surface area contributed by atoms with Crippen LogP contribution in [0, 0.1) is 6.92 Å². The fraction of sp³-hybridized carbons (Fsp3) is 0.417. The monoisotopic (exact) mass is 420 g/mol. The molecule has 0 amide bonds. The summed E-state index contributed by atoms with van der Waals surface area (Å²) < 4.78 is 7.55. The highest BCUT2D eigenvalue weighted by Gasteiger charge is 2.32. The molecule has 0 saturated carbocycles. The molecular weight excluding hydrogens is 388 g/mol. The molecule has 0 spiro atoms. The summed E-state index contributed by atoms with van der Waals surface area (Å²) >= 11 is 0. The Bertz CT molecular complexity index is 1020. The van der Waals surface area contributed by atoms with Gasteiger partial charge in [0.2, 0.25) is 5.95 Å².